The lowest BCUT2D eigenvalue weighted by molar-refractivity contribution is 0.454. The average Bonchev–Trinajstić information content (AvgIpc) is 3.26. The van der Waals surface area contributed by atoms with E-state index in [-0.39, 0.29) is 0 Å². The van der Waals surface area contributed by atoms with Gasteiger partial charge in [-0.25, -0.2) is 8.42 Å². The summed E-state index contributed by atoms with van der Waals surface area (Å²) in [5.41, 5.74) is 1.18. The second-order valence-electron chi connectivity index (χ2n) is 5.96. The van der Waals surface area contributed by atoms with Crippen LogP contribution in [0.4, 0.5) is 0 Å². The van der Waals surface area contributed by atoms with Gasteiger partial charge in [-0.15, -0.1) is 11.3 Å². The number of hydrogen-bond acceptors (Lipinski definition) is 4. The van der Waals surface area contributed by atoms with Crippen LogP contribution in [-0.2, 0) is 23.6 Å². The molecule has 0 spiro atoms. The van der Waals surface area contributed by atoms with Gasteiger partial charge in [0, 0.05) is 46.1 Å². The van der Waals surface area contributed by atoms with E-state index in [4.69, 9.17) is 0 Å². The van der Waals surface area contributed by atoms with Crippen LogP contribution in [0.15, 0.2) is 45.0 Å². The fraction of sp³-hybridized carbons (Fsp3) is 0.471. The van der Waals surface area contributed by atoms with E-state index in [1.165, 1.54) is 21.3 Å². The molecule has 0 amide bonds. The Balaban J connectivity index is 1.99. The lowest BCUT2D eigenvalue weighted by Gasteiger charge is -2.23. The van der Waals surface area contributed by atoms with Crippen molar-refractivity contribution < 1.29 is 8.42 Å². The number of aromatic nitrogens is 1. The standard InChI is InChI=1S/C17H27N5O2S2/c1-5-18-17(21(3)14-15-8-6-11-20(15)2)19-10-12-22(4)26(23,24)16-9-7-13-25-16/h6-9,11,13H,5,10,12,14H2,1-4H3,(H,18,19). The van der Waals surface area contributed by atoms with Crippen LogP contribution in [0.3, 0.4) is 0 Å². The second-order valence-corrected chi connectivity index (χ2v) is 9.18. The van der Waals surface area contributed by atoms with Crippen LogP contribution in [-0.4, -0.2) is 61.9 Å². The Kier molecular flexibility index (Phi) is 7.24. The van der Waals surface area contributed by atoms with Crippen LogP contribution in [0.1, 0.15) is 12.6 Å². The van der Waals surface area contributed by atoms with Gasteiger partial charge in [-0.05, 0) is 30.5 Å². The van der Waals surface area contributed by atoms with Crippen LogP contribution >= 0.6 is 11.3 Å². The predicted molar refractivity (Wildman–Crippen MR) is 107 cm³/mol. The van der Waals surface area contributed by atoms with Crippen molar-refractivity contribution in [1.82, 2.24) is 19.1 Å². The molecule has 2 aromatic rings. The van der Waals surface area contributed by atoms with Crippen molar-refractivity contribution in [1.29, 1.82) is 0 Å². The van der Waals surface area contributed by atoms with E-state index in [0.717, 1.165) is 19.0 Å². The number of nitrogens with zero attached hydrogens (tertiary/aromatic N) is 4. The Morgan fingerprint density at radius 3 is 2.65 bits per heavy atom. The summed E-state index contributed by atoms with van der Waals surface area (Å²) in [5.74, 6) is 0.760. The molecule has 7 nitrogen and oxygen atoms in total. The number of aliphatic imine (C=N–C) groups is 1. The zero-order chi connectivity index (χ0) is 19.2. The molecule has 26 heavy (non-hydrogen) atoms. The Hall–Kier alpha value is -1.84. The minimum Gasteiger partial charge on any atom is -0.357 e. The first-order valence-corrected chi connectivity index (χ1v) is 10.8. The summed E-state index contributed by atoms with van der Waals surface area (Å²) in [6, 6.07) is 7.45. The Bertz CT molecular complexity index is 812. The number of thiophene rings is 1. The molecule has 0 bridgehead atoms. The number of nitrogens with one attached hydrogen (secondary N) is 1. The van der Waals surface area contributed by atoms with Crippen LogP contribution in [0.2, 0.25) is 0 Å². The maximum Gasteiger partial charge on any atom is 0.252 e. The molecule has 2 aromatic heterocycles. The van der Waals surface area contributed by atoms with Gasteiger partial charge in [0.25, 0.3) is 10.0 Å². The second kappa shape index (κ2) is 9.20. The number of sulfonamides is 1. The first-order chi connectivity index (χ1) is 12.4. The summed E-state index contributed by atoms with van der Waals surface area (Å²) in [4.78, 5) is 6.61. The molecule has 0 aliphatic carbocycles. The number of aryl methyl sites for hydroxylation is 1. The molecular formula is C17H27N5O2S2. The van der Waals surface area contributed by atoms with Gasteiger partial charge in [-0.1, -0.05) is 6.07 Å². The molecule has 9 heteroatoms. The zero-order valence-corrected chi connectivity index (χ0v) is 17.3. The fourth-order valence-corrected chi connectivity index (χ4v) is 4.79. The summed E-state index contributed by atoms with van der Waals surface area (Å²) in [5, 5.41) is 5.02. The first-order valence-electron chi connectivity index (χ1n) is 8.45. The third kappa shape index (κ3) is 5.09. The quantitative estimate of drug-likeness (QED) is 0.545. The fourth-order valence-electron chi connectivity index (χ4n) is 2.43. The van der Waals surface area contributed by atoms with Crippen molar-refractivity contribution >= 4 is 27.3 Å². The van der Waals surface area contributed by atoms with Gasteiger partial charge in [-0.3, -0.25) is 4.99 Å². The van der Waals surface area contributed by atoms with Crippen molar-refractivity contribution in [2.24, 2.45) is 12.0 Å². The molecule has 1 N–H and O–H groups in total. The zero-order valence-electron chi connectivity index (χ0n) is 15.7. The van der Waals surface area contributed by atoms with Gasteiger partial charge in [0.2, 0.25) is 0 Å². The topological polar surface area (TPSA) is 69.9 Å². The SMILES string of the molecule is CCNC(=NCCN(C)S(=O)(=O)c1cccs1)N(C)Cc1cccn1C. The molecule has 0 fully saturated rings. The van der Waals surface area contributed by atoms with Crippen molar-refractivity contribution in [3.05, 3.63) is 41.5 Å². The van der Waals surface area contributed by atoms with Crippen molar-refractivity contribution in [2.75, 3.05) is 33.7 Å². The average molecular weight is 398 g/mol. The maximum atomic E-state index is 12.4. The van der Waals surface area contributed by atoms with Crippen LogP contribution in [0, 0.1) is 0 Å². The van der Waals surface area contributed by atoms with E-state index >= 15 is 0 Å². The monoisotopic (exact) mass is 397 g/mol. The van der Waals surface area contributed by atoms with Crippen molar-refractivity contribution in [3.8, 4) is 0 Å². The minimum absolute atomic E-state index is 0.327. The molecule has 2 rings (SSSR count). The number of likely N-dealkylation sites (N-methyl/N-ethyl adjacent to an activating group) is 1. The highest BCUT2D eigenvalue weighted by atomic mass is 32.2. The Labute approximate surface area is 160 Å². The molecular weight excluding hydrogens is 370 g/mol. The predicted octanol–water partition coefficient (Wildman–Crippen LogP) is 1.80. The van der Waals surface area contributed by atoms with E-state index in [9.17, 15) is 8.42 Å². The molecule has 0 aliphatic heterocycles. The number of rotatable bonds is 8. The largest absolute Gasteiger partial charge is 0.357 e. The summed E-state index contributed by atoms with van der Waals surface area (Å²) in [6.45, 7) is 4.20. The molecule has 0 aliphatic rings. The highest BCUT2D eigenvalue weighted by molar-refractivity contribution is 7.91. The lowest BCUT2D eigenvalue weighted by atomic mass is 10.4. The molecule has 0 atom stereocenters. The van der Waals surface area contributed by atoms with E-state index in [1.807, 2.05) is 38.2 Å². The summed E-state index contributed by atoms with van der Waals surface area (Å²) >= 11 is 1.23. The van der Waals surface area contributed by atoms with Crippen LogP contribution < -0.4 is 5.32 Å². The van der Waals surface area contributed by atoms with Crippen molar-refractivity contribution in [3.63, 3.8) is 0 Å². The first kappa shape index (κ1) is 20.5. The van der Waals surface area contributed by atoms with Crippen molar-refractivity contribution in [2.45, 2.75) is 17.7 Å². The molecule has 0 unspecified atom stereocenters. The summed E-state index contributed by atoms with van der Waals surface area (Å²) in [7, 11) is 2.15. The van der Waals surface area contributed by atoms with Gasteiger partial charge >= 0.3 is 0 Å². The normalized spacial score (nSPS) is 12.6. The Morgan fingerprint density at radius 1 is 1.31 bits per heavy atom. The number of hydrogen-bond donors (Lipinski definition) is 1. The van der Waals surface area contributed by atoms with Crippen LogP contribution in [0.5, 0.6) is 0 Å². The third-order valence-corrected chi connectivity index (χ3v) is 7.21. The van der Waals surface area contributed by atoms with E-state index in [1.54, 1.807) is 24.6 Å². The smallest absolute Gasteiger partial charge is 0.252 e. The molecule has 2 heterocycles. The number of guanidine groups is 1. The minimum atomic E-state index is -3.43. The van der Waals surface area contributed by atoms with Gasteiger partial charge in [0.1, 0.15) is 4.21 Å². The molecule has 0 radical (unpaired) electrons. The van der Waals surface area contributed by atoms with Gasteiger partial charge in [0.15, 0.2) is 5.96 Å². The van der Waals surface area contributed by atoms with Gasteiger partial charge < -0.3 is 14.8 Å². The highest BCUT2D eigenvalue weighted by Crippen LogP contribution is 2.19. The third-order valence-electron chi connectivity index (χ3n) is 3.98. The summed E-state index contributed by atoms with van der Waals surface area (Å²) in [6.07, 6.45) is 2.01. The van der Waals surface area contributed by atoms with Gasteiger partial charge in [-0.2, -0.15) is 4.31 Å². The van der Waals surface area contributed by atoms with E-state index in [2.05, 4.69) is 20.9 Å². The van der Waals surface area contributed by atoms with Crippen LogP contribution in [0.25, 0.3) is 0 Å². The van der Waals surface area contributed by atoms with E-state index < -0.39 is 10.0 Å². The molecule has 144 valence electrons. The summed E-state index contributed by atoms with van der Waals surface area (Å²) < 4.78 is 28.7. The molecule has 0 aromatic carbocycles. The molecule has 0 saturated heterocycles. The maximum absolute atomic E-state index is 12.4. The highest BCUT2D eigenvalue weighted by Gasteiger charge is 2.21. The van der Waals surface area contributed by atoms with Gasteiger partial charge in [0.05, 0.1) is 13.1 Å². The molecule has 0 saturated carbocycles. The van der Waals surface area contributed by atoms with E-state index in [0.29, 0.717) is 17.3 Å². The Morgan fingerprint density at radius 2 is 2.08 bits per heavy atom. The lowest BCUT2D eigenvalue weighted by Crippen LogP contribution is -2.39.